The van der Waals surface area contributed by atoms with Crippen LogP contribution in [0.4, 0.5) is 0 Å². The highest BCUT2D eigenvalue weighted by Crippen LogP contribution is 2.33. The van der Waals surface area contributed by atoms with E-state index in [0.717, 1.165) is 19.3 Å². The van der Waals surface area contributed by atoms with Gasteiger partial charge in [-0.25, -0.2) is 4.79 Å². The van der Waals surface area contributed by atoms with Gasteiger partial charge in [0.1, 0.15) is 0 Å². The molecular formula is C16H24O2. The maximum absolute atomic E-state index is 11.2. The average molecular weight is 248 g/mol. The van der Waals surface area contributed by atoms with Gasteiger partial charge in [-0.15, -0.1) is 0 Å². The number of aliphatic carboxylic acids is 1. The largest absolute Gasteiger partial charge is 0.478 e. The van der Waals surface area contributed by atoms with Crippen LogP contribution in [-0.2, 0) is 4.79 Å². The van der Waals surface area contributed by atoms with Gasteiger partial charge in [-0.3, -0.25) is 0 Å². The van der Waals surface area contributed by atoms with E-state index in [4.69, 9.17) is 0 Å². The van der Waals surface area contributed by atoms with Crippen LogP contribution >= 0.6 is 0 Å². The summed E-state index contributed by atoms with van der Waals surface area (Å²) in [5, 5.41) is 9.21. The molecule has 100 valence electrons. The summed E-state index contributed by atoms with van der Waals surface area (Å²) in [6.07, 6.45) is 14.3. The lowest BCUT2D eigenvalue weighted by Crippen LogP contribution is -2.21. The van der Waals surface area contributed by atoms with Crippen molar-refractivity contribution < 1.29 is 9.90 Å². The van der Waals surface area contributed by atoms with E-state index in [1.165, 1.54) is 0 Å². The summed E-state index contributed by atoms with van der Waals surface area (Å²) in [6.45, 7) is 9.81. The molecule has 1 N–H and O–H groups in total. The Morgan fingerprint density at radius 3 is 1.56 bits per heavy atom. The van der Waals surface area contributed by atoms with Crippen molar-refractivity contribution in [3.05, 3.63) is 48.6 Å². The fourth-order valence-corrected chi connectivity index (χ4v) is 1.59. The molecule has 0 amide bonds. The highest BCUT2D eigenvalue weighted by atomic mass is 16.4. The molecule has 0 aromatic heterocycles. The summed E-state index contributed by atoms with van der Waals surface area (Å²) in [6, 6.07) is 0. The third-order valence-corrected chi connectivity index (χ3v) is 2.67. The van der Waals surface area contributed by atoms with Gasteiger partial charge >= 0.3 is 5.97 Å². The van der Waals surface area contributed by atoms with E-state index in [-0.39, 0.29) is 5.57 Å². The van der Waals surface area contributed by atoms with E-state index in [0.29, 0.717) is 0 Å². The van der Waals surface area contributed by atoms with Crippen molar-refractivity contribution in [1.29, 1.82) is 0 Å². The second kappa shape index (κ2) is 8.51. The first kappa shape index (κ1) is 16.4. The summed E-state index contributed by atoms with van der Waals surface area (Å²) < 4.78 is 0. The fourth-order valence-electron chi connectivity index (χ4n) is 1.59. The summed E-state index contributed by atoms with van der Waals surface area (Å²) in [4.78, 5) is 11.2. The Labute approximate surface area is 110 Å². The first-order valence-corrected chi connectivity index (χ1v) is 6.49. The molecule has 0 saturated heterocycles. The van der Waals surface area contributed by atoms with Crippen LogP contribution in [0.5, 0.6) is 0 Å². The molecular weight excluding hydrogens is 224 g/mol. The van der Waals surface area contributed by atoms with Crippen LogP contribution in [0.3, 0.4) is 0 Å². The molecule has 0 fully saturated rings. The van der Waals surface area contributed by atoms with Gasteiger partial charge in [0, 0.05) is 5.57 Å². The van der Waals surface area contributed by atoms with Gasteiger partial charge in [-0.2, -0.15) is 0 Å². The van der Waals surface area contributed by atoms with E-state index < -0.39 is 11.4 Å². The Balaban J connectivity index is 5.59. The van der Waals surface area contributed by atoms with Crippen molar-refractivity contribution in [2.24, 2.45) is 5.41 Å². The molecule has 0 aliphatic rings. The quantitative estimate of drug-likeness (QED) is 0.507. The standard InChI is InChI=1S/C16H24O2/c1-5-8-11-16(12-9-6-2,13-10-7-3)14(4)15(17)18/h8-13H,4-7H2,1-3H3,(H,17,18). The van der Waals surface area contributed by atoms with Crippen LogP contribution in [0.25, 0.3) is 0 Å². The van der Waals surface area contributed by atoms with Gasteiger partial charge in [0.2, 0.25) is 0 Å². The van der Waals surface area contributed by atoms with Crippen LogP contribution < -0.4 is 0 Å². The van der Waals surface area contributed by atoms with E-state index in [1.54, 1.807) is 0 Å². The maximum Gasteiger partial charge on any atom is 0.332 e. The number of hydrogen-bond acceptors (Lipinski definition) is 1. The molecule has 0 heterocycles. The van der Waals surface area contributed by atoms with Crippen molar-refractivity contribution in [3.8, 4) is 0 Å². The smallest absolute Gasteiger partial charge is 0.332 e. The molecule has 0 rings (SSSR count). The molecule has 0 aliphatic carbocycles. The zero-order valence-corrected chi connectivity index (χ0v) is 11.6. The third kappa shape index (κ3) is 4.74. The second-order valence-electron chi connectivity index (χ2n) is 4.15. The molecule has 0 bridgehead atoms. The lowest BCUT2D eigenvalue weighted by Gasteiger charge is -2.24. The third-order valence-electron chi connectivity index (χ3n) is 2.67. The van der Waals surface area contributed by atoms with Crippen molar-refractivity contribution >= 4 is 5.97 Å². The number of carboxylic acid groups (broad SMARTS) is 1. The minimum absolute atomic E-state index is 0.182. The molecule has 2 nitrogen and oxygen atoms in total. The Hall–Kier alpha value is -1.57. The Bertz CT molecular complexity index is 323. The first-order valence-electron chi connectivity index (χ1n) is 6.49. The van der Waals surface area contributed by atoms with E-state index in [1.807, 2.05) is 57.2 Å². The molecule has 0 aliphatic heterocycles. The molecule has 18 heavy (non-hydrogen) atoms. The fraction of sp³-hybridized carbons (Fsp3) is 0.438. The molecule has 2 heteroatoms. The van der Waals surface area contributed by atoms with Gasteiger partial charge in [0.15, 0.2) is 0 Å². The molecule has 0 aromatic rings. The molecule has 0 aromatic carbocycles. The van der Waals surface area contributed by atoms with Crippen LogP contribution in [-0.4, -0.2) is 11.1 Å². The minimum Gasteiger partial charge on any atom is -0.478 e. The van der Waals surface area contributed by atoms with Gasteiger partial charge in [-0.1, -0.05) is 63.8 Å². The normalized spacial score (nSPS) is 15.5. The van der Waals surface area contributed by atoms with E-state index in [9.17, 15) is 9.90 Å². The molecule has 0 saturated carbocycles. The summed E-state index contributed by atoms with van der Waals surface area (Å²) in [7, 11) is 0. The Morgan fingerprint density at radius 2 is 1.33 bits per heavy atom. The highest BCUT2D eigenvalue weighted by Gasteiger charge is 2.28. The number of carboxylic acids is 1. The highest BCUT2D eigenvalue weighted by molar-refractivity contribution is 5.89. The van der Waals surface area contributed by atoms with Crippen LogP contribution in [0.1, 0.15) is 40.0 Å². The van der Waals surface area contributed by atoms with Crippen molar-refractivity contribution in [2.45, 2.75) is 40.0 Å². The number of rotatable bonds is 8. The first-order chi connectivity index (χ1) is 8.54. The number of carbonyl (C=O) groups is 1. The van der Waals surface area contributed by atoms with E-state index in [2.05, 4.69) is 6.58 Å². The average Bonchev–Trinajstić information content (AvgIpc) is 2.37. The molecule has 0 atom stereocenters. The topological polar surface area (TPSA) is 37.3 Å². The van der Waals surface area contributed by atoms with Gasteiger partial charge < -0.3 is 5.11 Å². The lowest BCUT2D eigenvalue weighted by atomic mass is 9.79. The molecule has 0 radical (unpaired) electrons. The van der Waals surface area contributed by atoms with Gasteiger partial charge in [0.25, 0.3) is 0 Å². The second-order valence-corrected chi connectivity index (χ2v) is 4.15. The Kier molecular flexibility index (Phi) is 7.77. The maximum atomic E-state index is 11.2. The molecule has 0 spiro atoms. The van der Waals surface area contributed by atoms with Crippen LogP contribution in [0, 0.1) is 5.41 Å². The summed E-state index contributed by atoms with van der Waals surface area (Å²) in [5.41, 5.74) is -0.518. The van der Waals surface area contributed by atoms with Gasteiger partial charge in [0.05, 0.1) is 5.41 Å². The monoisotopic (exact) mass is 248 g/mol. The number of hydrogen-bond donors (Lipinski definition) is 1. The van der Waals surface area contributed by atoms with E-state index >= 15 is 0 Å². The molecule has 0 unspecified atom stereocenters. The van der Waals surface area contributed by atoms with Crippen molar-refractivity contribution in [2.75, 3.05) is 0 Å². The lowest BCUT2D eigenvalue weighted by molar-refractivity contribution is -0.133. The predicted octanol–water partition coefficient (Wildman–Crippen LogP) is 4.51. The number of allylic oxidation sites excluding steroid dienone is 6. The SMILES string of the molecule is C=C(C(=O)O)C(C=CCC)(C=CCC)C=CCC. The van der Waals surface area contributed by atoms with Crippen LogP contribution in [0.2, 0.25) is 0 Å². The van der Waals surface area contributed by atoms with Crippen molar-refractivity contribution in [1.82, 2.24) is 0 Å². The zero-order chi connectivity index (χ0) is 14.0. The Morgan fingerprint density at radius 1 is 1.00 bits per heavy atom. The van der Waals surface area contributed by atoms with Gasteiger partial charge in [-0.05, 0) is 19.3 Å². The summed E-state index contributed by atoms with van der Waals surface area (Å²) >= 11 is 0. The summed E-state index contributed by atoms with van der Waals surface area (Å²) in [5.74, 6) is -0.961. The minimum atomic E-state index is -0.961. The predicted molar refractivity (Wildman–Crippen MR) is 77.5 cm³/mol. The van der Waals surface area contributed by atoms with Crippen LogP contribution in [0.15, 0.2) is 48.6 Å². The van der Waals surface area contributed by atoms with Crippen molar-refractivity contribution in [3.63, 3.8) is 0 Å². The zero-order valence-electron chi connectivity index (χ0n) is 11.6.